The molecule has 0 aliphatic carbocycles. The lowest BCUT2D eigenvalue weighted by Crippen LogP contribution is -2.13. The molecule has 0 radical (unpaired) electrons. The lowest BCUT2D eigenvalue weighted by atomic mass is 10.1. The molecule has 4 nitrogen and oxygen atoms in total. The van der Waals surface area contributed by atoms with Gasteiger partial charge in [-0.3, -0.25) is 4.79 Å². The number of carbonyl (C=O) groups is 1. The summed E-state index contributed by atoms with van der Waals surface area (Å²) >= 11 is 0. The van der Waals surface area contributed by atoms with Crippen molar-refractivity contribution in [1.82, 2.24) is 4.98 Å². The van der Waals surface area contributed by atoms with Crippen molar-refractivity contribution in [3.63, 3.8) is 0 Å². The van der Waals surface area contributed by atoms with Crippen LogP contribution in [-0.2, 0) is 6.54 Å². The molecule has 0 saturated heterocycles. The minimum Gasteiger partial charge on any atom is -0.326 e. The number of anilines is 1. The summed E-state index contributed by atoms with van der Waals surface area (Å²) in [6.07, 6.45) is 1.66. The predicted octanol–water partition coefficient (Wildman–Crippen LogP) is 2.41. The van der Waals surface area contributed by atoms with Crippen molar-refractivity contribution in [3.8, 4) is 0 Å². The third kappa shape index (κ3) is 3.17. The largest absolute Gasteiger partial charge is 0.326 e. The van der Waals surface area contributed by atoms with Gasteiger partial charge in [-0.2, -0.15) is 0 Å². The van der Waals surface area contributed by atoms with Crippen molar-refractivity contribution in [2.45, 2.75) is 20.4 Å². The van der Waals surface area contributed by atoms with Crippen LogP contribution in [0.25, 0.3) is 0 Å². The Labute approximate surface area is 112 Å². The van der Waals surface area contributed by atoms with Crippen LogP contribution in [-0.4, -0.2) is 10.9 Å². The zero-order valence-corrected chi connectivity index (χ0v) is 11.1. The maximum Gasteiger partial charge on any atom is 0.256 e. The van der Waals surface area contributed by atoms with Crippen LogP contribution in [0.5, 0.6) is 0 Å². The molecular formula is C15H17N3O. The molecule has 0 aliphatic heterocycles. The minimum atomic E-state index is -0.156. The monoisotopic (exact) mass is 255 g/mol. The van der Waals surface area contributed by atoms with Gasteiger partial charge in [0.15, 0.2) is 0 Å². The molecule has 1 amide bonds. The molecule has 1 heterocycles. The normalized spacial score (nSPS) is 10.3. The molecule has 0 spiro atoms. The first-order valence-electron chi connectivity index (χ1n) is 6.14. The molecule has 1 aromatic carbocycles. The highest BCUT2D eigenvalue weighted by Gasteiger charge is 2.07. The smallest absolute Gasteiger partial charge is 0.256 e. The summed E-state index contributed by atoms with van der Waals surface area (Å²) in [6.45, 7) is 4.45. The fraction of sp³-hybridized carbons (Fsp3) is 0.200. The van der Waals surface area contributed by atoms with E-state index in [0.717, 1.165) is 11.1 Å². The number of benzene rings is 1. The first kappa shape index (κ1) is 13.2. The van der Waals surface area contributed by atoms with E-state index in [1.807, 2.05) is 38.1 Å². The van der Waals surface area contributed by atoms with Crippen molar-refractivity contribution in [1.29, 1.82) is 0 Å². The number of nitrogens with one attached hydrogen (secondary N) is 1. The fourth-order valence-corrected chi connectivity index (χ4v) is 1.69. The zero-order valence-electron chi connectivity index (χ0n) is 11.1. The van der Waals surface area contributed by atoms with Gasteiger partial charge in [-0.15, -0.1) is 0 Å². The number of carbonyl (C=O) groups excluding carboxylic acids is 1. The summed E-state index contributed by atoms with van der Waals surface area (Å²) < 4.78 is 0. The number of aryl methyl sites for hydroxylation is 2. The Morgan fingerprint density at radius 2 is 2.00 bits per heavy atom. The number of hydrogen-bond donors (Lipinski definition) is 2. The van der Waals surface area contributed by atoms with E-state index < -0.39 is 0 Å². The maximum absolute atomic E-state index is 12.1. The summed E-state index contributed by atoms with van der Waals surface area (Å²) in [7, 11) is 0. The van der Waals surface area contributed by atoms with Crippen molar-refractivity contribution in [2.75, 3.05) is 5.32 Å². The molecule has 98 valence electrons. The Morgan fingerprint density at radius 3 is 2.58 bits per heavy atom. The Morgan fingerprint density at radius 1 is 1.21 bits per heavy atom. The highest BCUT2D eigenvalue weighted by atomic mass is 16.1. The van der Waals surface area contributed by atoms with E-state index in [1.165, 1.54) is 5.56 Å². The maximum atomic E-state index is 12.1. The second-order valence-corrected chi connectivity index (χ2v) is 4.51. The van der Waals surface area contributed by atoms with Gasteiger partial charge in [-0.25, -0.2) is 4.98 Å². The van der Waals surface area contributed by atoms with Crippen LogP contribution in [0, 0.1) is 13.8 Å². The third-order valence-electron chi connectivity index (χ3n) is 3.07. The van der Waals surface area contributed by atoms with Crippen LogP contribution in [0.1, 0.15) is 27.0 Å². The van der Waals surface area contributed by atoms with E-state index in [9.17, 15) is 4.79 Å². The topological polar surface area (TPSA) is 68.0 Å². The van der Waals surface area contributed by atoms with Crippen LogP contribution in [0.15, 0.2) is 36.5 Å². The van der Waals surface area contributed by atoms with E-state index in [2.05, 4.69) is 10.3 Å². The van der Waals surface area contributed by atoms with Crippen molar-refractivity contribution < 1.29 is 4.79 Å². The summed E-state index contributed by atoms with van der Waals surface area (Å²) in [6, 6.07) is 9.23. The van der Waals surface area contributed by atoms with Gasteiger partial charge in [0.05, 0.1) is 0 Å². The van der Waals surface area contributed by atoms with Gasteiger partial charge in [0, 0.05) is 18.3 Å². The quantitative estimate of drug-likeness (QED) is 0.885. The van der Waals surface area contributed by atoms with E-state index in [-0.39, 0.29) is 5.91 Å². The summed E-state index contributed by atoms with van der Waals surface area (Å²) in [5.41, 5.74) is 9.33. The van der Waals surface area contributed by atoms with E-state index in [1.54, 1.807) is 12.3 Å². The molecule has 0 unspecified atom stereocenters. The van der Waals surface area contributed by atoms with E-state index in [4.69, 9.17) is 5.73 Å². The second-order valence-electron chi connectivity index (χ2n) is 4.51. The van der Waals surface area contributed by atoms with Gasteiger partial charge >= 0.3 is 0 Å². The Balaban J connectivity index is 2.13. The molecule has 4 heteroatoms. The SMILES string of the molecule is Cc1ccc(C(=O)Nc2ccc(CN)cn2)cc1C. The lowest BCUT2D eigenvalue weighted by molar-refractivity contribution is 0.102. The number of aromatic nitrogens is 1. The predicted molar refractivity (Wildman–Crippen MR) is 76.0 cm³/mol. The molecule has 0 saturated carbocycles. The van der Waals surface area contributed by atoms with Crippen molar-refractivity contribution in [2.24, 2.45) is 5.73 Å². The van der Waals surface area contributed by atoms with Crippen LogP contribution >= 0.6 is 0 Å². The molecule has 2 rings (SSSR count). The van der Waals surface area contributed by atoms with Gasteiger partial charge in [0.1, 0.15) is 5.82 Å². The number of rotatable bonds is 3. The standard InChI is InChI=1S/C15H17N3O/c1-10-3-5-13(7-11(10)2)15(19)18-14-6-4-12(8-16)9-17-14/h3-7,9H,8,16H2,1-2H3,(H,17,18,19). The summed E-state index contributed by atoms with van der Waals surface area (Å²) in [4.78, 5) is 16.2. The second kappa shape index (κ2) is 5.63. The first-order chi connectivity index (χ1) is 9.10. The van der Waals surface area contributed by atoms with Gasteiger partial charge < -0.3 is 11.1 Å². The summed E-state index contributed by atoms with van der Waals surface area (Å²) in [5.74, 6) is 0.372. The van der Waals surface area contributed by atoms with Gasteiger partial charge in [-0.05, 0) is 48.7 Å². The van der Waals surface area contributed by atoms with Crippen molar-refractivity contribution in [3.05, 3.63) is 58.8 Å². The Hall–Kier alpha value is -2.20. The van der Waals surface area contributed by atoms with E-state index in [0.29, 0.717) is 17.9 Å². The number of hydrogen-bond acceptors (Lipinski definition) is 3. The van der Waals surface area contributed by atoms with Gasteiger partial charge in [-0.1, -0.05) is 12.1 Å². The number of pyridine rings is 1. The number of nitrogens with two attached hydrogens (primary N) is 1. The highest BCUT2D eigenvalue weighted by molar-refractivity contribution is 6.03. The molecule has 0 bridgehead atoms. The summed E-state index contributed by atoms with van der Waals surface area (Å²) in [5, 5.41) is 2.77. The molecule has 0 atom stereocenters. The van der Waals surface area contributed by atoms with Crippen LogP contribution in [0.2, 0.25) is 0 Å². The molecule has 1 aromatic heterocycles. The average molecular weight is 255 g/mol. The third-order valence-corrected chi connectivity index (χ3v) is 3.07. The van der Waals surface area contributed by atoms with E-state index >= 15 is 0 Å². The van der Waals surface area contributed by atoms with Crippen LogP contribution < -0.4 is 11.1 Å². The number of nitrogens with zero attached hydrogens (tertiary/aromatic N) is 1. The van der Waals surface area contributed by atoms with Gasteiger partial charge in [0.2, 0.25) is 0 Å². The molecule has 19 heavy (non-hydrogen) atoms. The fourth-order valence-electron chi connectivity index (χ4n) is 1.69. The molecule has 3 N–H and O–H groups in total. The molecule has 0 fully saturated rings. The molecule has 2 aromatic rings. The lowest BCUT2D eigenvalue weighted by Gasteiger charge is -2.07. The number of amides is 1. The Bertz CT molecular complexity index is 591. The first-order valence-corrected chi connectivity index (χ1v) is 6.14. The van der Waals surface area contributed by atoms with Crippen molar-refractivity contribution >= 4 is 11.7 Å². The molecule has 0 aliphatic rings. The minimum absolute atomic E-state index is 0.156. The van der Waals surface area contributed by atoms with Crippen LogP contribution in [0.4, 0.5) is 5.82 Å². The Kier molecular flexibility index (Phi) is 3.92. The zero-order chi connectivity index (χ0) is 13.8. The average Bonchev–Trinajstić information content (AvgIpc) is 2.42. The molecular weight excluding hydrogens is 238 g/mol. The highest BCUT2D eigenvalue weighted by Crippen LogP contribution is 2.12. The van der Waals surface area contributed by atoms with Gasteiger partial charge in [0.25, 0.3) is 5.91 Å². The van der Waals surface area contributed by atoms with Crippen LogP contribution in [0.3, 0.4) is 0 Å².